The second-order valence-electron chi connectivity index (χ2n) is 7.14. The molecule has 1 aliphatic heterocycles. The van der Waals surface area contributed by atoms with Crippen LogP contribution in [0.2, 0.25) is 0 Å². The zero-order valence-electron chi connectivity index (χ0n) is 14.2. The number of ether oxygens (including phenoxy) is 1. The Morgan fingerprint density at radius 3 is 2.23 bits per heavy atom. The lowest BCUT2D eigenvalue weighted by atomic mass is 9.56. The van der Waals surface area contributed by atoms with Crippen molar-refractivity contribution in [1.82, 2.24) is 0 Å². The summed E-state index contributed by atoms with van der Waals surface area (Å²) in [7, 11) is 1.57. The van der Waals surface area contributed by atoms with Crippen molar-refractivity contribution >= 4 is 23.3 Å². The first-order chi connectivity index (χ1) is 12.6. The van der Waals surface area contributed by atoms with Gasteiger partial charge in [-0.3, -0.25) is 19.3 Å². The topological polar surface area (TPSA) is 63.7 Å². The van der Waals surface area contributed by atoms with Crippen LogP contribution >= 0.6 is 0 Å². The van der Waals surface area contributed by atoms with Gasteiger partial charge in [0.05, 0.1) is 30.6 Å². The molecule has 2 amide bonds. The number of fused-ring (bicyclic) bond motifs is 1. The first kappa shape index (κ1) is 15.3. The lowest BCUT2D eigenvalue weighted by molar-refractivity contribution is -0.134. The van der Waals surface area contributed by atoms with Gasteiger partial charge in [0.1, 0.15) is 11.5 Å². The van der Waals surface area contributed by atoms with Gasteiger partial charge in [-0.1, -0.05) is 24.3 Å². The number of Topliss-reactive ketones (excluding diaryl/α,β-unsaturated/α-hetero) is 1. The lowest BCUT2D eigenvalue weighted by Crippen LogP contribution is -2.44. The van der Waals surface area contributed by atoms with E-state index in [0.29, 0.717) is 17.9 Å². The standard InChI is InChI=1S/C21H17NO4/c1-26-12-8-6-11(7-9-12)22-20(24)18-15-10-16(23)17(19(18)21(22)25)14-5-3-2-4-13(14)15/h2-9,15,17-19H,10H2,1H3/t15-,17+,18-,19-/m1/s1. The molecule has 0 radical (unpaired) electrons. The Hall–Kier alpha value is -2.95. The number of amides is 2. The number of ketones is 1. The minimum Gasteiger partial charge on any atom is -0.497 e. The highest BCUT2D eigenvalue weighted by Gasteiger charge is 2.62. The van der Waals surface area contributed by atoms with Crippen LogP contribution in [-0.4, -0.2) is 24.7 Å². The van der Waals surface area contributed by atoms with E-state index in [4.69, 9.17) is 4.74 Å². The molecule has 5 nitrogen and oxygen atoms in total. The van der Waals surface area contributed by atoms with Crippen LogP contribution in [0.15, 0.2) is 48.5 Å². The van der Waals surface area contributed by atoms with Gasteiger partial charge >= 0.3 is 0 Å². The van der Waals surface area contributed by atoms with Crippen molar-refractivity contribution in [3.8, 4) is 5.75 Å². The Kier molecular flexibility index (Phi) is 3.11. The number of imide groups is 1. The highest BCUT2D eigenvalue weighted by Crippen LogP contribution is 2.57. The van der Waals surface area contributed by atoms with Crippen LogP contribution in [0.5, 0.6) is 5.75 Å². The van der Waals surface area contributed by atoms with Crippen LogP contribution < -0.4 is 9.64 Å². The lowest BCUT2D eigenvalue weighted by Gasteiger charge is -2.43. The molecule has 2 fully saturated rings. The molecule has 26 heavy (non-hydrogen) atoms. The zero-order chi connectivity index (χ0) is 18.0. The van der Waals surface area contributed by atoms with E-state index < -0.39 is 17.8 Å². The maximum atomic E-state index is 13.2. The number of anilines is 1. The molecule has 2 aromatic carbocycles. The Morgan fingerprint density at radius 2 is 1.54 bits per heavy atom. The molecule has 2 bridgehead atoms. The van der Waals surface area contributed by atoms with Crippen LogP contribution in [0.1, 0.15) is 29.4 Å². The smallest absolute Gasteiger partial charge is 0.238 e. The van der Waals surface area contributed by atoms with Gasteiger partial charge in [-0.15, -0.1) is 0 Å². The number of benzene rings is 2. The summed E-state index contributed by atoms with van der Waals surface area (Å²) in [5, 5.41) is 0. The van der Waals surface area contributed by atoms with Gasteiger partial charge < -0.3 is 4.74 Å². The fourth-order valence-electron chi connectivity index (χ4n) is 4.95. The third-order valence-corrected chi connectivity index (χ3v) is 6.02. The van der Waals surface area contributed by atoms with Gasteiger partial charge in [-0.25, -0.2) is 0 Å². The molecule has 3 aliphatic carbocycles. The fourth-order valence-corrected chi connectivity index (χ4v) is 4.95. The van der Waals surface area contributed by atoms with E-state index in [1.54, 1.807) is 31.4 Å². The Balaban J connectivity index is 1.61. The summed E-state index contributed by atoms with van der Waals surface area (Å²) in [5.74, 6) is -1.44. The van der Waals surface area contributed by atoms with Crippen molar-refractivity contribution in [1.29, 1.82) is 0 Å². The monoisotopic (exact) mass is 347 g/mol. The third kappa shape index (κ3) is 1.83. The number of methoxy groups -OCH3 is 1. The first-order valence-electron chi connectivity index (χ1n) is 8.75. The van der Waals surface area contributed by atoms with Crippen LogP contribution in [0, 0.1) is 11.8 Å². The van der Waals surface area contributed by atoms with E-state index in [1.807, 2.05) is 24.3 Å². The molecular weight excluding hydrogens is 330 g/mol. The number of carbonyl (C=O) groups is 3. The van der Waals surface area contributed by atoms with Crippen LogP contribution in [-0.2, 0) is 14.4 Å². The van der Waals surface area contributed by atoms with Gasteiger partial charge in [0.25, 0.3) is 0 Å². The van der Waals surface area contributed by atoms with Crippen LogP contribution in [0.25, 0.3) is 0 Å². The molecule has 4 atom stereocenters. The molecule has 4 aliphatic rings. The number of carbonyl (C=O) groups excluding carboxylic acids is 3. The minimum absolute atomic E-state index is 0.0766. The zero-order valence-corrected chi connectivity index (χ0v) is 14.2. The number of hydrogen-bond acceptors (Lipinski definition) is 4. The normalized spacial score (nSPS) is 29.0. The highest BCUT2D eigenvalue weighted by molar-refractivity contribution is 6.24. The maximum Gasteiger partial charge on any atom is 0.238 e. The molecule has 1 heterocycles. The SMILES string of the molecule is COc1ccc(N2C(=O)[C@H]3[C@H](C2=O)[C@@H]2C(=O)C[C@@H]3c3ccccc32)cc1. The van der Waals surface area contributed by atoms with Crippen LogP contribution in [0.3, 0.4) is 0 Å². The third-order valence-electron chi connectivity index (χ3n) is 6.02. The molecule has 2 aromatic rings. The van der Waals surface area contributed by atoms with E-state index >= 15 is 0 Å². The summed E-state index contributed by atoms with van der Waals surface area (Å²) in [4.78, 5) is 40.3. The average Bonchev–Trinajstić information content (AvgIpc) is 2.94. The van der Waals surface area contributed by atoms with Crippen molar-refractivity contribution in [3.63, 3.8) is 0 Å². The van der Waals surface area contributed by atoms with Gasteiger partial charge in [0.2, 0.25) is 11.8 Å². The van der Waals surface area contributed by atoms with E-state index in [-0.39, 0.29) is 23.5 Å². The summed E-state index contributed by atoms with van der Waals surface area (Å²) >= 11 is 0. The average molecular weight is 347 g/mol. The summed E-state index contributed by atoms with van der Waals surface area (Å²) in [5.41, 5.74) is 2.51. The summed E-state index contributed by atoms with van der Waals surface area (Å²) < 4.78 is 5.15. The summed E-state index contributed by atoms with van der Waals surface area (Å²) in [6.07, 6.45) is 0.346. The molecule has 130 valence electrons. The maximum absolute atomic E-state index is 13.2. The van der Waals surface area contributed by atoms with Crippen molar-refractivity contribution in [2.45, 2.75) is 18.3 Å². The van der Waals surface area contributed by atoms with Crippen molar-refractivity contribution in [3.05, 3.63) is 59.7 Å². The molecule has 0 spiro atoms. The highest BCUT2D eigenvalue weighted by atomic mass is 16.5. The molecule has 1 saturated heterocycles. The van der Waals surface area contributed by atoms with E-state index in [0.717, 1.165) is 11.1 Å². The largest absolute Gasteiger partial charge is 0.497 e. The van der Waals surface area contributed by atoms with E-state index in [9.17, 15) is 14.4 Å². The quantitative estimate of drug-likeness (QED) is 0.784. The van der Waals surface area contributed by atoms with E-state index in [2.05, 4.69) is 0 Å². The first-order valence-corrected chi connectivity index (χ1v) is 8.75. The van der Waals surface area contributed by atoms with Gasteiger partial charge in [0.15, 0.2) is 0 Å². The van der Waals surface area contributed by atoms with Gasteiger partial charge in [0, 0.05) is 12.3 Å². The number of hydrogen-bond donors (Lipinski definition) is 0. The van der Waals surface area contributed by atoms with E-state index in [1.165, 1.54) is 4.90 Å². The van der Waals surface area contributed by atoms with Crippen molar-refractivity contribution in [2.75, 3.05) is 12.0 Å². The van der Waals surface area contributed by atoms with Crippen molar-refractivity contribution < 1.29 is 19.1 Å². The summed E-state index contributed by atoms with van der Waals surface area (Å²) in [6.45, 7) is 0. The van der Waals surface area contributed by atoms with Crippen LogP contribution in [0.4, 0.5) is 5.69 Å². The second kappa shape index (κ2) is 5.27. The number of nitrogens with zero attached hydrogens (tertiary/aromatic N) is 1. The molecule has 0 aromatic heterocycles. The predicted octanol–water partition coefficient (Wildman–Crippen LogP) is 2.65. The second-order valence-corrected chi connectivity index (χ2v) is 7.14. The Bertz CT molecular complexity index is 949. The Labute approximate surface area is 150 Å². The van der Waals surface area contributed by atoms with Gasteiger partial charge in [-0.05, 0) is 35.4 Å². The summed E-state index contributed by atoms with van der Waals surface area (Å²) in [6, 6.07) is 14.6. The molecule has 0 N–H and O–H groups in total. The fraction of sp³-hybridized carbons (Fsp3) is 0.286. The molecule has 1 saturated carbocycles. The Morgan fingerprint density at radius 1 is 0.885 bits per heavy atom. The number of rotatable bonds is 2. The van der Waals surface area contributed by atoms with Gasteiger partial charge in [-0.2, -0.15) is 0 Å². The van der Waals surface area contributed by atoms with Crippen molar-refractivity contribution in [2.24, 2.45) is 11.8 Å². The molecule has 5 heteroatoms. The minimum atomic E-state index is -0.578. The molecule has 6 rings (SSSR count). The predicted molar refractivity (Wildman–Crippen MR) is 94.0 cm³/mol. The molecule has 0 unspecified atom stereocenters. The molecular formula is C21H17NO4.